The summed E-state index contributed by atoms with van der Waals surface area (Å²) >= 11 is 0. The predicted molar refractivity (Wildman–Crippen MR) is 86.1 cm³/mol. The quantitative estimate of drug-likeness (QED) is 0.340. The fourth-order valence-corrected chi connectivity index (χ4v) is 2.80. The Hall–Kier alpha value is -2.97. The maximum atomic E-state index is 12.6. The molecule has 0 fully saturated rings. The standard InChI is InChI=1S/C16H18N2O7/c1-4-24-14(20)16(15(21)25-5-2)9-13(19)17(3)12-8-10(18(22)23)6-7-11(12)16/h6-8H,4-5,9H2,1-3H3. The van der Waals surface area contributed by atoms with E-state index in [1.807, 2.05) is 0 Å². The van der Waals surface area contributed by atoms with Crippen LogP contribution in [0.1, 0.15) is 25.8 Å². The Morgan fingerprint density at radius 1 is 1.24 bits per heavy atom. The molecule has 1 aliphatic heterocycles. The number of nitro benzene ring substituents is 1. The first-order valence-electron chi connectivity index (χ1n) is 7.69. The van der Waals surface area contributed by atoms with E-state index in [0.717, 1.165) is 6.07 Å². The largest absolute Gasteiger partial charge is 0.465 e. The lowest BCUT2D eigenvalue weighted by molar-refractivity contribution is -0.384. The lowest BCUT2D eigenvalue weighted by atomic mass is 9.73. The molecule has 0 aromatic heterocycles. The van der Waals surface area contributed by atoms with Crippen molar-refractivity contribution in [3.8, 4) is 0 Å². The van der Waals surface area contributed by atoms with Crippen molar-refractivity contribution in [3.05, 3.63) is 33.9 Å². The molecule has 1 aliphatic rings. The van der Waals surface area contributed by atoms with Crippen molar-refractivity contribution in [2.24, 2.45) is 0 Å². The van der Waals surface area contributed by atoms with E-state index in [0.29, 0.717) is 0 Å². The van der Waals surface area contributed by atoms with Crippen molar-refractivity contribution in [2.45, 2.75) is 25.7 Å². The summed E-state index contributed by atoms with van der Waals surface area (Å²) in [4.78, 5) is 49.3. The van der Waals surface area contributed by atoms with Crippen LogP contribution < -0.4 is 4.90 Å². The van der Waals surface area contributed by atoms with Crippen LogP contribution in [-0.4, -0.2) is 43.0 Å². The summed E-state index contributed by atoms with van der Waals surface area (Å²) in [5.41, 5.74) is -1.98. The molecule has 0 saturated heterocycles. The van der Waals surface area contributed by atoms with Gasteiger partial charge in [0.05, 0.1) is 30.2 Å². The monoisotopic (exact) mass is 350 g/mol. The van der Waals surface area contributed by atoms with Crippen molar-refractivity contribution >= 4 is 29.2 Å². The molecule has 0 bridgehead atoms. The lowest BCUT2D eigenvalue weighted by Gasteiger charge is -2.37. The van der Waals surface area contributed by atoms with Crippen LogP contribution in [0.5, 0.6) is 0 Å². The van der Waals surface area contributed by atoms with Gasteiger partial charge in [0.15, 0.2) is 0 Å². The van der Waals surface area contributed by atoms with Gasteiger partial charge in [-0.05, 0) is 19.9 Å². The Balaban J connectivity index is 2.75. The number of amides is 1. The van der Waals surface area contributed by atoms with Crippen molar-refractivity contribution in [3.63, 3.8) is 0 Å². The van der Waals surface area contributed by atoms with Crippen LogP contribution in [0.4, 0.5) is 11.4 Å². The van der Waals surface area contributed by atoms with Gasteiger partial charge in [-0.2, -0.15) is 0 Å². The van der Waals surface area contributed by atoms with E-state index < -0.39 is 34.6 Å². The molecule has 1 aromatic rings. The predicted octanol–water partition coefficient (Wildman–Crippen LogP) is 1.33. The zero-order valence-corrected chi connectivity index (χ0v) is 14.1. The summed E-state index contributed by atoms with van der Waals surface area (Å²) in [6.07, 6.45) is -0.466. The fourth-order valence-electron chi connectivity index (χ4n) is 2.80. The van der Waals surface area contributed by atoms with Crippen molar-refractivity contribution in [2.75, 3.05) is 25.2 Å². The molecule has 9 nitrogen and oxygen atoms in total. The van der Waals surface area contributed by atoms with Gasteiger partial charge in [0.2, 0.25) is 11.3 Å². The Labute approximate surface area is 143 Å². The zero-order valence-electron chi connectivity index (χ0n) is 14.1. The molecule has 25 heavy (non-hydrogen) atoms. The summed E-state index contributed by atoms with van der Waals surface area (Å²) < 4.78 is 10.1. The molecule has 2 rings (SSSR count). The highest BCUT2D eigenvalue weighted by atomic mass is 16.6. The molecule has 1 amide bonds. The van der Waals surface area contributed by atoms with Crippen LogP contribution in [0.2, 0.25) is 0 Å². The SMILES string of the molecule is CCOC(=O)C1(C(=O)OCC)CC(=O)N(C)c2cc([N+](=O)[O-])ccc21. The third-order valence-corrected chi connectivity index (χ3v) is 4.05. The minimum Gasteiger partial charge on any atom is -0.465 e. The Morgan fingerprint density at radius 2 is 1.80 bits per heavy atom. The molecule has 1 heterocycles. The molecular weight excluding hydrogens is 332 g/mol. The molecule has 0 atom stereocenters. The highest BCUT2D eigenvalue weighted by Gasteiger charge is 2.56. The average molecular weight is 350 g/mol. The molecule has 0 saturated carbocycles. The van der Waals surface area contributed by atoms with Crippen LogP contribution >= 0.6 is 0 Å². The van der Waals surface area contributed by atoms with E-state index >= 15 is 0 Å². The molecule has 0 spiro atoms. The number of ether oxygens (including phenoxy) is 2. The number of nitro groups is 1. The Morgan fingerprint density at radius 3 is 2.28 bits per heavy atom. The molecule has 134 valence electrons. The van der Waals surface area contributed by atoms with Crippen molar-refractivity contribution in [1.29, 1.82) is 0 Å². The van der Waals surface area contributed by atoms with Gasteiger partial charge in [0.1, 0.15) is 0 Å². The van der Waals surface area contributed by atoms with Gasteiger partial charge in [-0.1, -0.05) is 0 Å². The van der Waals surface area contributed by atoms with Gasteiger partial charge in [-0.25, -0.2) is 0 Å². The van der Waals surface area contributed by atoms with E-state index in [1.54, 1.807) is 13.8 Å². The number of carbonyl (C=O) groups is 3. The second kappa shape index (κ2) is 6.88. The molecule has 0 N–H and O–H groups in total. The van der Waals surface area contributed by atoms with Crippen molar-refractivity contribution in [1.82, 2.24) is 0 Å². The average Bonchev–Trinajstić information content (AvgIpc) is 2.58. The minimum atomic E-state index is -1.97. The number of esters is 2. The van der Waals surface area contributed by atoms with Crippen LogP contribution in [0.25, 0.3) is 0 Å². The summed E-state index contributed by atoms with van der Waals surface area (Å²) in [7, 11) is 1.42. The van der Waals surface area contributed by atoms with Gasteiger partial charge in [-0.15, -0.1) is 0 Å². The smallest absolute Gasteiger partial charge is 0.328 e. The summed E-state index contributed by atoms with van der Waals surface area (Å²) in [6, 6.07) is 3.62. The molecule has 0 unspecified atom stereocenters. The first-order valence-corrected chi connectivity index (χ1v) is 7.69. The highest BCUT2D eigenvalue weighted by Crippen LogP contribution is 2.43. The van der Waals surface area contributed by atoms with Crippen LogP contribution in [0, 0.1) is 10.1 Å². The van der Waals surface area contributed by atoms with E-state index in [9.17, 15) is 24.5 Å². The topological polar surface area (TPSA) is 116 Å². The number of non-ortho nitro benzene ring substituents is 1. The molecule has 0 radical (unpaired) electrons. The minimum absolute atomic E-state index is 0.00628. The maximum absolute atomic E-state index is 12.6. The fraction of sp³-hybridized carbons (Fsp3) is 0.438. The Kier molecular flexibility index (Phi) is 5.05. The zero-order chi connectivity index (χ0) is 18.8. The van der Waals surface area contributed by atoms with E-state index in [2.05, 4.69) is 0 Å². The van der Waals surface area contributed by atoms with E-state index in [4.69, 9.17) is 9.47 Å². The molecule has 9 heteroatoms. The number of hydrogen-bond donors (Lipinski definition) is 0. The van der Waals surface area contributed by atoms with E-state index in [-0.39, 0.29) is 30.2 Å². The normalized spacial score (nSPS) is 15.3. The van der Waals surface area contributed by atoms with Gasteiger partial charge in [0, 0.05) is 24.7 Å². The third kappa shape index (κ3) is 2.92. The lowest BCUT2D eigenvalue weighted by Crippen LogP contribution is -2.53. The second-order valence-corrected chi connectivity index (χ2v) is 5.43. The van der Waals surface area contributed by atoms with Gasteiger partial charge >= 0.3 is 11.9 Å². The van der Waals surface area contributed by atoms with Crippen LogP contribution in [0.15, 0.2) is 18.2 Å². The number of fused-ring (bicyclic) bond motifs is 1. The highest BCUT2D eigenvalue weighted by molar-refractivity contribution is 6.15. The van der Waals surface area contributed by atoms with E-state index in [1.165, 1.54) is 24.1 Å². The van der Waals surface area contributed by atoms with Gasteiger partial charge in [0.25, 0.3) is 5.69 Å². The number of carbonyl (C=O) groups excluding carboxylic acids is 3. The summed E-state index contributed by atoms with van der Waals surface area (Å²) in [6.45, 7) is 3.16. The second-order valence-electron chi connectivity index (χ2n) is 5.43. The van der Waals surface area contributed by atoms with Gasteiger partial charge in [-0.3, -0.25) is 24.5 Å². The summed E-state index contributed by atoms with van der Waals surface area (Å²) in [5, 5.41) is 11.0. The van der Waals surface area contributed by atoms with Crippen LogP contribution in [0.3, 0.4) is 0 Å². The number of benzene rings is 1. The number of nitrogens with zero attached hydrogens (tertiary/aromatic N) is 2. The first-order chi connectivity index (χ1) is 11.8. The van der Waals surface area contributed by atoms with Gasteiger partial charge < -0.3 is 14.4 Å². The third-order valence-electron chi connectivity index (χ3n) is 4.05. The molecular formula is C16H18N2O7. The summed E-state index contributed by atoms with van der Waals surface area (Å²) in [5.74, 6) is -2.37. The first kappa shape index (κ1) is 18.4. The Bertz CT molecular complexity index is 726. The number of hydrogen-bond acceptors (Lipinski definition) is 7. The molecule has 1 aromatic carbocycles. The molecule has 0 aliphatic carbocycles. The number of anilines is 1. The maximum Gasteiger partial charge on any atom is 0.328 e. The van der Waals surface area contributed by atoms with Crippen LogP contribution in [-0.2, 0) is 29.3 Å². The van der Waals surface area contributed by atoms with Crippen molar-refractivity contribution < 1.29 is 28.8 Å². The number of rotatable bonds is 5.